The number of nitrogens with one attached hydrogen (secondary N) is 9. The summed E-state index contributed by atoms with van der Waals surface area (Å²) in [7, 11) is 0. The topological polar surface area (TPSA) is 478 Å². The Morgan fingerprint density at radius 1 is 0.495 bits per heavy atom. The number of primary amides is 3. The average Bonchev–Trinajstić information content (AvgIpc) is 1.94. The van der Waals surface area contributed by atoms with Gasteiger partial charge in [0.05, 0.1) is 31.5 Å². The Morgan fingerprint density at radius 2 is 0.967 bits per heavy atom. The second-order valence-electron chi connectivity index (χ2n) is 24.2. The van der Waals surface area contributed by atoms with E-state index in [-0.39, 0.29) is 51.1 Å². The quantitative estimate of drug-likeness (QED) is 0.0316. The number of amides is 14. The van der Waals surface area contributed by atoms with Crippen LogP contribution in [-0.2, 0) is 80.0 Å². The van der Waals surface area contributed by atoms with Gasteiger partial charge in [0.2, 0.25) is 82.7 Å². The zero-order chi connectivity index (χ0) is 68.0. The first-order chi connectivity index (χ1) is 42.8. The molecule has 2 aliphatic heterocycles. The van der Waals surface area contributed by atoms with Gasteiger partial charge in [-0.2, -0.15) is 0 Å². The van der Waals surface area contributed by atoms with E-state index in [0.29, 0.717) is 18.4 Å². The standard InChI is InChI=1S/C61H91N15O15/c1-31(2)25-40(69-53(83)38(62)28-45(63)78)55(85)73-49(33(5)6)61(91)76-24-16-22-44(76)58(88)74-50(35(8)77)60(90)71-42(29-46(64)79)56(86)72-48(32(3)4)59(89)66-30-47(80)75-23-15-21-43(75)57(87)70-41(27-37-19-13-10-14-20-37)54(84)67-34(7)52(82)68-39(51(65)81)26-36-17-11-9-12-18-36/h9-14,17-20,31-35,38-44,48-50,77H,15-16,21-30,62H2,1-8H3,(H2,63,78)(H2,64,79)(H2,65,81)(H,66,89)(H,67,84)(H,68,82)(H,69,83)(H,70,87)(H,71,90)(H,72,86)(H,73,85)(H,74,88)/t34-,35?,38-,39-,40-,41-,42-,43?,44?,48-,49-,50-/m0/s1. The molecule has 0 spiro atoms. The molecule has 4 rings (SSSR count). The number of aliphatic hydroxyl groups excluding tert-OH is 1. The molecule has 12 atom stereocenters. The van der Waals surface area contributed by atoms with Crippen LogP contribution in [0.1, 0.15) is 111 Å². The molecule has 0 saturated carbocycles. The summed E-state index contributed by atoms with van der Waals surface area (Å²) < 4.78 is 0. The average molecular weight is 1270 g/mol. The molecule has 30 nitrogen and oxygen atoms in total. The zero-order valence-electron chi connectivity index (χ0n) is 52.8. The van der Waals surface area contributed by atoms with Crippen molar-refractivity contribution >= 4 is 82.7 Å². The molecule has 2 aliphatic rings. The molecule has 2 heterocycles. The van der Waals surface area contributed by atoms with E-state index in [9.17, 15) is 72.2 Å². The van der Waals surface area contributed by atoms with Gasteiger partial charge >= 0.3 is 0 Å². The van der Waals surface area contributed by atoms with Crippen molar-refractivity contribution in [3.63, 3.8) is 0 Å². The summed E-state index contributed by atoms with van der Waals surface area (Å²) in [5.41, 5.74) is 23.5. The minimum absolute atomic E-state index is 0.0228. The highest BCUT2D eigenvalue weighted by Crippen LogP contribution is 2.22. The van der Waals surface area contributed by atoms with Gasteiger partial charge in [-0.15, -0.1) is 0 Å². The van der Waals surface area contributed by atoms with E-state index >= 15 is 0 Å². The van der Waals surface area contributed by atoms with Gasteiger partial charge in [0.15, 0.2) is 0 Å². The van der Waals surface area contributed by atoms with Crippen LogP contribution < -0.4 is 70.8 Å². The van der Waals surface area contributed by atoms with E-state index in [2.05, 4.69) is 47.9 Å². The fraction of sp³-hybridized carbons (Fsp3) is 0.574. The van der Waals surface area contributed by atoms with Gasteiger partial charge in [-0.3, -0.25) is 67.1 Å². The van der Waals surface area contributed by atoms with E-state index < -0.39 is 186 Å². The van der Waals surface area contributed by atoms with E-state index in [1.807, 2.05) is 0 Å². The summed E-state index contributed by atoms with van der Waals surface area (Å²) >= 11 is 0. The fourth-order valence-electron chi connectivity index (χ4n) is 10.4. The second-order valence-corrected chi connectivity index (χ2v) is 24.2. The third-order valence-corrected chi connectivity index (χ3v) is 15.4. The predicted octanol–water partition coefficient (Wildman–Crippen LogP) is -4.23. The van der Waals surface area contributed by atoms with Crippen molar-refractivity contribution in [3.8, 4) is 0 Å². The van der Waals surface area contributed by atoms with Gasteiger partial charge in [-0.1, -0.05) is 102 Å². The minimum atomic E-state index is -1.80. The monoisotopic (exact) mass is 1270 g/mol. The van der Waals surface area contributed by atoms with Crippen molar-refractivity contribution in [3.05, 3.63) is 71.8 Å². The molecule has 2 fully saturated rings. The fourth-order valence-corrected chi connectivity index (χ4v) is 10.4. The number of hydrogen-bond donors (Lipinski definition) is 14. The van der Waals surface area contributed by atoms with Gasteiger partial charge in [0, 0.05) is 25.9 Å². The van der Waals surface area contributed by atoms with E-state index in [1.54, 1.807) is 102 Å². The lowest BCUT2D eigenvalue weighted by atomic mass is 9.99. The highest BCUT2D eigenvalue weighted by molar-refractivity contribution is 6.00. The lowest BCUT2D eigenvalue weighted by Crippen LogP contribution is -2.62. The lowest BCUT2D eigenvalue weighted by molar-refractivity contribution is -0.144. The van der Waals surface area contributed by atoms with Crippen molar-refractivity contribution in [2.24, 2.45) is 40.7 Å². The summed E-state index contributed by atoms with van der Waals surface area (Å²) in [6.07, 6.45) is -1.80. The third-order valence-electron chi connectivity index (χ3n) is 15.4. The van der Waals surface area contributed by atoms with E-state index in [1.165, 1.54) is 16.7 Å². The van der Waals surface area contributed by atoms with Gasteiger partial charge in [-0.05, 0) is 74.8 Å². The number of nitrogens with zero attached hydrogens (tertiary/aromatic N) is 2. The van der Waals surface area contributed by atoms with Gasteiger partial charge in [0.1, 0.15) is 60.4 Å². The molecule has 0 bridgehead atoms. The zero-order valence-corrected chi connectivity index (χ0v) is 52.8. The van der Waals surface area contributed by atoms with Crippen LogP contribution in [0.3, 0.4) is 0 Å². The first kappa shape index (κ1) is 74.4. The lowest BCUT2D eigenvalue weighted by Gasteiger charge is -2.33. The van der Waals surface area contributed by atoms with Crippen molar-refractivity contribution in [2.75, 3.05) is 19.6 Å². The molecular formula is C61H91N15O15. The Bertz CT molecular complexity index is 2930. The maximum atomic E-state index is 14.2. The molecule has 2 aromatic rings. The maximum Gasteiger partial charge on any atom is 0.246 e. The van der Waals surface area contributed by atoms with E-state index in [0.717, 1.165) is 12.5 Å². The molecule has 91 heavy (non-hydrogen) atoms. The predicted molar refractivity (Wildman–Crippen MR) is 329 cm³/mol. The Labute approximate surface area is 528 Å². The van der Waals surface area contributed by atoms with Crippen LogP contribution in [0.2, 0.25) is 0 Å². The minimum Gasteiger partial charge on any atom is -0.391 e. The van der Waals surface area contributed by atoms with Crippen LogP contribution in [0, 0.1) is 17.8 Å². The van der Waals surface area contributed by atoms with Gasteiger partial charge in [0.25, 0.3) is 0 Å². The number of aliphatic hydroxyl groups is 1. The first-order valence-corrected chi connectivity index (χ1v) is 30.5. The van der Waals surface area contributed by atoms with Crippen LogP contribution >= 0.6 is 0 Å². The Kier molecular flexibility index (Phi) is 28.9. The number of hydrogen-bond acceptors (Lipinski definition) is 16. The molecule has 500 valence electrons. The number of benzene rings is 2. The highest BCUT2D eigenvalue weighted by atomic mass is 16.3. The molecule has 0 aromatic heterocycles. The largest absolute Gasteiger partial charge is 0.391 e. The van der Waals surface area contributed by atoms with Crippen LogP contribution in [0.5, 0.6) is 0 Å². The summed E-state index contributed by atoms with van der Waals surface area (Å²) in [6, 6.07) is 2.91. The van der Waals surface area contributed by atoms with Crippen LogP contribution in [0.4, 0.5) is 0 Å². The van der Waals surface area contributed by atoms with Crippen molar-refractivity contribution in [1.29, 1.82) is 0 Å². The molecule has 2 saturated heterocycles. The molecule has 14 amide bonds. The molecule has 2 aromatic carbocycles. The third kappa shape index (κ3) is 23.0. The maximum absolute atomic E-state index is 14.2. The van der Waals surface area contributed by atoms with E-state index in [4.69, 9.17) is 22.9 Å². The summed E-state index contributed by atoms with van der Waals surface area (Å²) in [4.78, 5) is 190. The Morgan fingerprint density at radius 3 is 1.48 bits per heavy atom. The second kappa shape index (κ2) is 35.4. The smallest absolute Gasteiger partial charge is 0.246 e. The Hall–Kier alpha value is -9.06. The first-order valence-electron chi connectivity index (χ1n) is 30.5. The van der Waals surface area contributed by atoms with Crippen LogP contribution in [-0.4, -0.2) is 190 Å². The van der Waals surface area contributed by atoms with Crippen molar-refractivity contribution in [2.45, 2.75) is 186 Å². The van der Waals surface area contributed by atoms with Crippen molar-refractivity contribution in [1.82, 2.24) is 57.7 Å². The SMILES string of the molecule is CC(C)C[C@H](NC(=O)[C@@H](N)CC(N)=O)C(=O)N[C@H](C(=O)N1CCCC1C(=O)N[C@H](C(=O)N[C@@H](CC(N)=O)C(=O)N[C@H](C(=O)NCC(=O)N1CCCC1C(=O)N[C@@H](Cc1ccccc1)C(=O)N[C@@H](C)C(=O)N[C@@H](Cc1ccccc1)C(N)=O)C(C)C)C(C)O)C(C)C. The molecule has 0 radical (unpaired) electrons. The molecule has 0 aliphatic carbocycles. The summed E-state index contributed by atoms with van der Waals surface area (Å²) in [6.45, 7) is 12.0. The number of likely N-dealkylation sites (tertiary alicyclic amines) is 2. The summed E-state index contributed by atoms with van der Waals surface area (Å²) in [5, 5.41) is 33.6. The Balaban J connectivity index is 1.40. The normalized spacial score (nSPS) is 17.9. The van der Waals surface area contributed by atoms with Crippen LogP contribution in [0.25, 0.3) is 0 Å². The number of carbonyl (C=O) groups excluding carboxylic acids is 14. The van der Waals surface area contributed by atoms with Crippen molar-refractivity contribution < 1.29 is 72.2 Å². The molecule has 18 N–H and O–H groups in total. The number of nitrogens with two attached hydrogens (primary N) is 4. The molecule has 3 unspecified atom stereocenters. The number of carbonyl (C=O) groups is 14. The van der Waals surface area contributed by atoms with Gasteiger partial charge < -0.3 is 85.7 Å². The number of rotatable bonds is 34. The van der Waals surface area contributed by atoms with Gasteiger partial charge in [-0.25, -0.2) is 0 Å². The summed E-state index contributed by atoms with van der Waals surface area (Å²) in [5.74, 6) is -13.2. The van der Waals surface area contributed by atoms with Crippen LogP contribution in [0.15, 0.2) is 60.7 Å². The highest BCUT2D eigenvalue weighted by Gasteiger charge is 2.43. The molecule has 30 heteroatoms. The molecular weight excluding hydrogens is 1180 g/mol.